The second kappa shape index (κ2) is 4.34. The van der Waals surface area contributed by atoms with Crippen molar-refractivity contribution in [3.05, 3.63) is 11.6 Å². The first kappa shape index (κ1) is 7.61. The molecule has 0 bridgehead atoms. The minimum atomic E-state index is -0.380. The molecular weight excluding hydrogens is 166 g/mol. The van der Waals surface area contributed by atoms with Crippen molar-refractivity contribution in [2.75, 3.05) is 0 Å². The van der Waals surface area contributed by atoms with Crippen molar-refractivity contribution in [3.63, 3.8) is 0 Å². The van der Waals surface area contributed by atoms with Gasteiger partial charge in [0.05, 0.1) is 6.20 Å². The summed E-state index contributed by atoms with van der Waals surface area (Å²) in [5, 5.41) is 14.5. The van der Waals surface area contributed by atoms with Gasteiger partial charge in [-0.3, -0.25) is 4.79 Å². The number of aromatic nitrogens is 2. The summed E-state index contributed by atoms with van der Waals surface area (Å²) >= 11 is 1.35. The molecule has 0 unspecified atom stereocenters. The highest BCUT2D eigenvalue weighted by molar-refractivity contribution is 7.03. The first-order chi connectivity index (χ1) is 5.39. The summed E-state index contributed by atoms with van der Waals surface area (Å²) in [7, 11) is 0. The van der Waals surface area contributed by atoms with Crippen molar-refractivity contribution in [1.29, 1.82) is 0 Å². The van der Waals surface area contributed by atoms with Crippen molar-refractivity contribution in [3.8, 4) is 0 Å². The van der Waals surface area contributed by atoms with Crippen molar-refractivity contribution >= 4 is 23.7 Å². The van der Waals surface area contributed by atoms with Gasteiger partial charge in [0.2, 0.25) is 0 Å². The molecule has 0 saturated carbocycles. The predicted octanol–water partition coefficient (Wildman–Crippen LogP) is 0.503. The van der Waals surface area contributed by atoms with Crippen LogP contribution in [0.5, 0.6) is 0 Å². The van der Waals surface area contributed by atoms with Crippen LogP contribution < -0.4 is 0 Å². The van der Waals surface area contributed by atoms with Gasteiger partial charge in [0, 0.05) is 5.38 Å². The Bertz CT molecular complexity index is 235. The van der Waals surface area contributed by atoms with Gasteiger partial charge in [0.1, 0.15) is 6.21 Å². The SMILES string of the molecule is O=C1C=NN=N1.c1csnn1. The molecule has 2 rings (SSSR count). The Labute approximate surface area is 65.8 Å². The van der Waals surface area contributed by atoms with Crippen LogP contribution >= 0.6 is 11.5 Å². The van der Waals surface area contributed by atoms with E-state index >= 15 is 0 Å². The molecule has 1 aromatic heterocycles. The zero-order valence-corrected chi connectivity index (χ0v) is 6.10. The van der Waals surface area contributed by atoms with Gasteiger partial charge in [0.15, 0.2) is 0 Å². The zero-order chi connectivity index (χ0) is 7.94. The van der Waals surface area contributed by atoms with Gasteiger partial charge in [-0.25, -0.2) is 0 Å². The van der Waals surface area contributed by atoms with E-state index in [0.29, 0.717) is 0 Å². The van der Waals surface area contributed by atoms with Crippen molar-refractivity contribution < 1.29 is 4.79 Å². The minimum absolute atomic E-state index is 0.380. The summed E-state index contributed by atoms with van der Waals surface area (Å²) < 4.78 is 3.51. The molecule has 0 spiro atoms. The first-order valence-electron chi connectivity index (χ1n) is 2.58. The number of hydrogen-bond acceptors (Lipinski definition) is 6. The third-order valence-electron chi connectivity index (χ3n) is 0.646. The van der Waals surface area contributed by atoms with Crippen molar-refractivity contribution in [1.82, 2.24) is 9.59 Å². The number of hydrogen-bond donors (Lipinski definition) is 0. The molecule has 1 amide bonds. The molecule has 11 heavy (non-hydrogen) atoms. The highest BCUT2D eigenvalue weighted by Crippen LogP contribution is 1.83. The van der Waals surface area contributed by atoms with Crippen LogP contribution in [-0.4, -0.2) is 21.7 Å². The van der Waals surface area contributed by atoms with Crippen LogP contribution in [-0.2, 0) is 4.79 Å². The Hall–Kier alpha value is -1.50. The van der Waals surface area contributed by atoms with E-state index in [4.69, 9.17) is 0 Å². The Morgan fingerprint density at radius 3 is 2.55 bits per heavy atom. The molecule has 0 N–H and O–H groups in total. The van der Waals surface area contributed by atoms with Crippen LogP contribution in [0, 0.1) is 0 Å². The molecule has 0 saturated heterocycles. The Morgan fingerprint density at radius 1 is 1.45 bits per heavy atom. The van der Waals surface area contributed by atoms with E-state index in [1.165, 1.54) is 11.5 Å². The zero-order valence-electron chi connectivity index (χ0n) is 5.28. The maximum absolute atomic E-state index is 9.83. The molecule has 1 aromatic rings. The quantitative estimate of drug-likeness (QED) is 0.567. The monoisotopic (exact) mass is 169 g/mol. The molecule has 0 fully saturated rings. The summed E-state index contributed by atoms with van der Waals surface area (Å²) in [5.41, 5.74) is 0. The van der Waals surface area contributed by atoms with E-state index < -0.39 is 0 Å². The third-order valence-corrected chi connectivity index (χ3v) is 1.08. The Balaban J connectivity index is 0.000000112. The highest BCUT2D eigenvalue weighted by atomic mass is 32.1. The van der Waals surface area contributed by atoms with E-state index in [9.17, 15) is 4.79 Å². The molecule has 1 aliphatic heterocycles. The Morgan fingerprint density at radius 2 is 2.36 bits per heavy atom. The molecule has 0 atom stereocenters. The standard InChI is InChI=1S/C2HN3O.C2H2N2S/c6-2-1-3-5-4-2;1-2-5-4-3-1/h1H;1-2H. The van der Waals surface area contributed by atoms with Gasteiger partial charge in [-0.15, -0.1) is 10.2 Å². The molecule has 1 aliphatic rings. The van der Waals surface area contributed by atoms with Gasteiger partial charge >= 0.3 is 5.91 Å². The van der Waals surface area contributed by atoms with Gasteiger partial charge in [-0.1, -0.05) is 9.60 Å². The molecule has 6 nitrogen and oxygen atoms in total. The maximum atomic E-state index is 9.83. The molecular formula is C4H3N5OS. The first-order valence-corrected chi connectivity index (χ1v) is 3.42. The van der Waals surface area contributed by atoms with Crippen LogP contribution in [0.25, 0.3) is 0 Å². The average molecular weight is 169 g/mol. The van der Waals surface area contributed by atoms with E-state index in [2.05, 4.69) is 25.0 Å². The summed E-state index contributed by atoms with van der Waals surface area (Å²) in [4.78, 5) is 9.83. The second-order valence-corrected chi connectivity index (χ2v) is 2.01. The predicted molar refractivity (Wildman–Crippen MR) is 38.3 cm³/mol. The normalized spacial score (nSPS) is 12.9. The summed E-state index contributed by atoms with van der Waals surface area (Å²) in [5.74, 6) is -0.380. The summed E-state index contributed by atoms with van der Waals surface area (Å²) in [6.45, 7) is 0. The van der Waals surface area contributed by atoms with Gasteiger partial charge in [-0.05, 0) is 16.8 Å². The number of rotatable bonds is 0. The van der Waals surface area contributed by atoms with Crippen LogP contribution in [0.4, 0.5) is 0 Å². The van der Waals surface area contributed by atoms with Crippen LogP contribution in [0.15, 0.2) is 27.0 Å². The molecule has 56 valence electrons. The van der Waals surface area contributed by atoms with E-state index in [0.717, 1.165) is 6.21 Å². The lowest BCUT2D eigenvalue weighted by Crippen LogP contribution is -1.84. The van der Waals surface area contributed by atoms with Crippen molar-refractivity contribution in [2.24, 2.45) is 15.4 Å². The maximum Gasteiger partial charge on any atom is 0.310 e. The minimum Gasteiger partial charge on any atom is -0.264 e. The summed E-state index contributed by atoms with van der Waals surface area (Å²) in [6.07, 6.45) is 2.71. The van der Waals surface area contributed by atoms with E-state index in [1.807, 2.05) is 5.38 Å². The fraction of sp³-hybridized carbons (Fsp3) is 0. The topological polar surface area (TPSA) is 79.9 Å². The Kier molecular flexibility index (Phi) is 3.00. The highest BCUT2D eigenvalue weighted by Gasteiger charge is 1.94. The molecule has 7 heteroatoms. The lowest BCUT2D eigenvalue weighted by Gasteiger charge is -1.55. The number of nitrogens with zero attached hydrogens (tertiary/aromatic N) is 5. The van der Waals surface area contributed by atoms with Crippen molar-refractivity contribution in [2.45, 2.75) is 0 Å². The molecule has 0 aromatic carbocycles. The lowest BCUT2D eigenvalue weighted by molar-refractivity contribution is -0.111. The van der Waals surface area contributed by atoms with Gasteiger partial charge in [0.25, 0.3) is 0 Å². The molecule has 2 heterocycles. The third kappa shape index (κ3) is 3.26. The van der Waals surface area contributed by atoms with Gasteiger partial charge < -0.3 is 0 Å². The number of amides is 1. The smallest absolute Gasteiger partial charge is 0.264 e. The lowest BCUT2D eigenvalue weighted by atomic mass is 10.7. The molecule has 0 radical (unpaired) electrons. The number of carbonyl (C=O) groups is 1. The largest absolute Gasteiger partial charge is 0.310 e. The van der Waals surface area contributed by atoms with Crippen LogP contribution in [0.2, 0.25) is 0 Å². The van der Waals surface area contributed by atoms with Crippen LogP contribution in [0.3, 0.4) is 0 Å². The van der Waals surface area contributed by atoms with Gasteiger partial charge in [-0.2, -0.15) is 0 Å². The van der Waals surface area contributed by atoms with E-state index in [-0.39, 0.29) is 5.91 Å². The van der Waals surface area contributed by atoms with Crippen LogP contribution in [0.1, 0.15) is 0 Å². The fourth-order valence-corrected chi connectivity index (χ4v) is 0.579. The second-order valence-electron chi connectivity index (χ2n) is 1.36. The average Bonchev–Trinajstić information content (AvgIpc) is 2.57. The number of carbonyl (C=O) groups excluding carboxylic acids is 1. The summed E-state index contributed by atoms with van der Waals surface area (Å²) in [6, 6.07) is 0. The fourth-order valence-electron chi connectivity index (χ4n) is 0.307. The molecule has 0 aliphatic carbocycles. The van der Waals surface area contributed by atoms with E-state index in [1.54, 1.807) is 6.20 Å².